The topological polar surface area (TPSA) is 55.1 Å². The average molecular weight is 194 g/mol. The van der Waals surface area contributed by atoms with E-state index in [0.29, 0.717) is 6.42 Å². The molecule has 14 heavy (non-hydrogen) atoms. The van der Waals surface area contributed by atoms with Crippen molar-refractivity contribution >= 4 is 5.97 Å². The van der Waals surface area contributed by atoms with Crippen LogP contribution in [0.15, 0.2) is 6.20 Å². The van der Waals surface area contributed by atoms with Crippen molar-refractivity contribution < 1.29 is 9.90 Å². The van der Waals surface area contributed by atoms with Crippen LogP contribution in [0.3, 0.4) is 0 Å². The SMILES string of the molecule is CCC(C(=O)O)c1cnc2n1CCC2. The fourth-order valence-corrected chi connectivity index (χ4v) is 2.07. The zero-order valence-corrected chi connectivity index (χ0v) is 8.23. The third kappa shape index (κ3) is 1.31. The Hall–Kier alpha value is -1.32. The Bertz CT molecular complexity index is 357. The number of carbonyl (C=O) groups is 1. The minimum Gasteiger partial charge on any atom is -0.481 e. The molecule has 0 saturated heterocycles. The number of aromatic nitrogens is 2. The van der Waals surface area contributed by atoms with Gasteiger partial charge in [0.25, 0.3) is 0 Å². The number of hydrogen-bond acceptors (Lipinski definition) is 2. The molecular weight excluding hydrogens is 180 g/mol. The summed E-state index contributed by atoms with van der Waals surface area (Å²) in [7, 11) is 0. The Morgan fingerprint density at radius 2 is 2.57 bits per heavy atom. The highest BCUT2D eigenvalue weighted by molar-refractivity contribution is 5.75. The van der Waals surface area contributed by atoms with Crippen molar-refractivity contribution in [2.24, 2.45) is 0 Å². The smallest absolute Gasteiger partial charge is 0.312 e. The van der Waals surface area contributed by atoms with E-state index in [1.165, 1.54) is 0 Å². The van der Waals surface area contributed by atoms with Crippen LogP contribution in [-0.2, 0) is 17.8 Å². The van der Waals surface area contributed by atoms with Gasteiger partial charge in [-0.05, 0) is 12.8 Å². The minimum atomic E-state index is -0.748. The first kappa shape index (κ1) is 9.24. The number of rotatable bonds is 3. The van der Waals surface area contributed by atoms with Gasteiger partial charge in [-0.1, -0.05) is 6.92 Å². The normalized spacial score (nSPS) is 16.6. The Morgan fingerprint density at radius 3 is 3.21 bits per heavy atom. The molecule has 0 fully saturated rings. The predicted octanol–water partition coefficient (Wildman–Crippen LogP) is 1.41. The molecule has 76 valence electrons. The summed E-state index contributed by atoms with van der Waals surface area (Å²) in [6, 6.07) is 0. The largest absolute Gasteiger partial charge is 0.481 e. The Kier molecular flexibility index (Phi) is 2.27. The molecule has 0 radical (unpaired) electrons. The fourth-order valence-electron chi connectivity index (χ4n) is 2.07. The maximum Gasteiger partial charge on any atom is 0.312 e. The number of nitrogens with zero attached hydrogens (tertiary/aromatic N) is 2. The van der Waals surface area contributed by atoms with Crippen LogP contribution in [0.4, 0.5) is 0 Å². The molecular formula is C10H14N2O2. The molecule has 1 aliphatic heterocycles. The number of hydrogen-bond donors (Lipinski definition) is 1. The van der Waals surface area contributed by atoms with Gasteiger partial charge < -0.3 is 9.67 Å². The van der Waals surface area contributed by atoms with E-state index in [2.05, 4.69) is 9.55 Å². The Balaban J connectivity index is 2.35. The van der Waals surface area contributed by atoms with Crippen LogP contribution < -0.4 is 0 Å². The van der Waals surface area contributed by atoms with E-state index >= 15 is 0 Å². The number of carboxylic acids is 1. The lowest BCUT2D eigenvalue weighted by Crippen LogP contribution is -2.14. The highest BCUT2D eigenvalue weighted by Gasteiger charge is 2.25. The summed E-state index contributed by atoms with van der Waals surface area (Å²) in [4.78, 5) is 15.2. The van der Waals surface area contributed by atoms with Crippen LogP contribution in [0.5, 0.6) is 0 Å². The van der Waals surface area contributed by atoms with Crippen molar-refractivity contribution in [2.75, 3.05) is 0 Å². The molecule has 0 saturated carbocycles. The van der Waals surface area contributed by atoms with Crippen molar-refractivity contribution in [3.05, 3.63) is 17.7 Å². The van der Waals surface area contributed by atoms with E-state index in [0.717, 1.165) is 30.9 Å². The van der Waals surface area contributed by atoms with E-state index in [1.54, 1.807) is 6.20 Å². The summed E-state index contributed by atoms with van der Waals surface area (Å²) in [5, 5.41) is 9.04. The molecule has 1 atom stereocenters. The predicted molar refractivity (Wildman–Crippen MR) is 51.2 cm³/mol. The van der Waals surface area contributed by atoms with Crippen LogP contribution in [0.25, 0.3) is 0 Å². The van der Waals surface area contributed by atoms with Gasteiger partial charge in [0.1, 0.15) is 5.82 Å². The van der Waals surface area contributed by atoms with Crippen molar-refractivity contribution in [1.82, 2.24) is 9.55 Å². The van der Waals surface area contributed by atoms with Gasteiger partial charge in [0, 0.05) is 19.2 Å². The molecule has 1 aromatic rings. The maximum atomic E-state index is 11.0. The fraction of sp³-hybridized carbons (Fsp3) is 0.600. The first-order chi connectivity index (χ1) is 6.74. The first-order valence-electron chi connectivity index (χ1n) is 5.01. The number of aryl methyl sites for hydroxylation is 1. The molecule has 1 unspecified atom stereocenters. The zero-order chi connectivity index (χ0) is 10.1. The lowest BCUT2D eigenvalue weighted by Gasteiger charge is -2.11. The van der Waals surface area contributed by atoms with Crippen molar-refractivity contribution in [3.8, 4) is 0 Å². The van der Waals surface area contributed by atoms with E-state index in [4.69, 9.17) is 5.11 Å². The monoisotopic (exact) mass is 194 g/mol. The molecule has 0 spiro atoms. The van der Waals surface area contributed by atoms with Gasteiger partial charge in [-0.3, -0.25) is 4.79 Å². The average Bonchev–Trinajstić information content (AvgIpc) is 2.69. The number of aliphatic carboxylic acids is 1. The van der Waals surface area contributed by atoms with Crippen LogP contribution in [-0.4, -0.2) is 20.6 Å². The lowest BCUT2D eigenvalue weighted by atomic mass is 10.0. The van der Waals surface area contributed by atoms with Gasteiger partial charge in [-0.2, -0.15) is 0 Å². The summed E-state index contributed by atoms with van der Waals surface area (Å²) in [5.74, 6) is -0.101. The van der Waals surface area contributed by atoms with E-state index in [9.17, 15) is 4.79 Å². The van der Waals surface area contributed by atoms with Gasteiger partial charge in [-0.25, -0.2) is 4.98 Å². The van der Waals surface area contributed by atoms with Crippen molar-refractivity contribution in [2.45, 2.75) is 38.6 Å². The van der Waals surface area contributed by atoms with Gasteiger partial charge >= 0.3 is 5.97 Å². The van der Waals surface area contributed by atoms with Gasteiger partial charge in [0.15, 0.2) is 0 Å². The Morgan fingerprint density at radius 1 is 1.79 bits per heavy atom. The number of imidazole rings is 1. The summed E-state index contributed by atoms with van der Waals surface area (Å²) in [5.41, 5.74) is 0.868. The quantitative estimate of drug-likeness (QED) is 0.791. The maximum absolute atomic E-state index is 11.0. The van der Waals surface area contributed by atoms with Gasteiger partial charge in [-0.15, -0.1) is 0 Å². The van der Waals surface area contributed by atoms with Gasteiger partial charge in [0.2, 0.25) is 0 Å². The second kappa shape index (κ2) is 3.44. The molecule has 4 nitrogen and oxygen atoms in total. The lowest BCUT2D eigenvalue weighted by molar-refractivity contribution is -0.139. The molecule has 0 bridgehead atoms. The van der Waals surface area contributed by atoms with Gasteiger partial charge in [0.05, 0.1) is 11.6 Å². The zero-order valence-electron chi connectivity index (χ0n) is 8.23. The molecule has 2 heterocycles. The highest BCUT2D eigenvalue weighted by atomic mass is 16.4. The number of fused-ring (bicyclic) bond motifs is 1. The highest BCUT2D eigenvalue weighted by Crippen LogP contribution is 2.25. The van der Waals surface area contributed by atoms with Crippen molar-refractivity contribution in [3.63, 3.8) is 0 Å². The van der Waals surface area contributed by atoms with E-state index in [1.807, 2.05) is 6.92 Å². The van der Waals surface area contributed by atoms with Crippen LogP contribution in [0.1, 0.15) is 37.2 Å². The first-order valence-corrected chi connectivity index (χ1v) is 5.01. The van der Waals surface area contributed by atoms with Crippen LogP contribution >= 0.6 is 0 Å². The molecule has 0 aliphatic carbocycles. The summed E-state index contributed by atoms with van der Waals surface area (Å²) >= 11 is 0. The minimum absolute atomic E-state index is 0.394. The second-order valence-electron chi connectivity index (χ2n) is 3.65. The molecule has 1 aromatic heterocycles. The third-order valence-corrected chi connectivity index (χ3v) is 2.81. The molecule has 1 aliphatic rings. The second-order valence-corrected chi connectivity index (χ2v) is 3.65. The van der Waals surface area contributed by atoms with Crippen LogP contribution in [0.2, 0.25) is 0 Å². The van der Waals surface area contributed by atoms with Crippen molar-refractivity contribution in [1.29, 1.82) is 0 Å². The van der Waals surface area contributed by atoms with E-state index in [-0.39, 0.29) is 0 Å². The standard InChI is InChI=1S/C10H14N2O2/c1-2-7(10(13)14)8-6-11-9-4-3-5-12(8)9/h6-7H,2-5H2,1H3,(H,13,14). The number of carboxylic acid groups (broad SMARTS) is 1. The molecule has 0 aromatic carbocycles. The van der Waals surface area contributed by atoms with Crippen LogP contribution in [0, 0.1) is 0 Å². The summed E-state index contributed by atoms with van der Waals surface area (Å²) in [6.45, 7) is 2.82. The molecule has 0 amide bonds. The van der Waals surface area contributed by atoms with E-state index < -0.39 is 11.9 Å². The molecule has 2 rings (SSSR count). The molecule has 4 heteroatoms. The Labute approximate surface area is 82.6 Å². The summed E-state index contributed by atoms with van der Waals surface area (Å²) < 4.78 is 2.06. The summed E-state index contributed by atoms with van der Waals surface area (Å²) in [6.07, 6.45) is 4.42. The third-order valence-electron chi connectivity index (χ3n) is 2.81. The molecule has 1 N–H and O–H groups in total.